The molecule has 3 aromatic carbocycles. The molecule has 1 atom stereocenters. The zero-order valence-corrected chi connectivity index (χ0v) is 23.9. The molecule has 0 radical (unpaired) electrons. The third kappa shape index (κ3) is 7.70. The van der Waals surface area contributed by atoms with E-state index in [0.29, 0.717) is 18.7 Å². The van der Waals surface area contributed by atoms with Gasteiger partial charge in [-0.05, 0) is 70.9 Å². The lowest BCUT2D eigenvalue weighted by molar-refractivity contribution is -0.143. The molecule has 1 saturated carbocycles. The van der Waals surface area contributed by atoms with Crippen LogP contribution in [-0.4, -0.2) is 35.4 Å². The van der Waals surface area contributed by atoms with Crippen molar-refractivity contribution in [3.63, 3.8) is 0 Å². The van der Waals surface area contributed by atoms with E-state index in [1.54, 1.807) is 4.90 Å². The molecule has 1 aliphatic rings. The molecule has 0 bridgehead atoms. The van der Waals surface area contributed by atoms with Gasteiger partial charge in [-0.25, -0.2) is 0 Å². The summed E-state index contributed by atoms with van der Waals surface area (Å²) in [4.78, 5) is 29.2. The predicted octanol–water partition coefficient (Wildman–Crippen LogP) is 6.40. The van der Waals surface area contributed by atoms with Crippen LogP contribution in [0.15, 0.2) is 77.3 Å². The van der Waals surface area contributed by atoms with Gasteiger partial charge in [-0.15, -0.1) is 0 Å². The number of hydrogen-bond acceptors (Lipinski definition) is 3. The van der Waals surface area contributed by atoms with Crippen LogP contribution in [0.2, 0.25) is 0 Å². The first-order chi connectivity index (χ1) is 18.4. The molecule has 200 valence electrons. The van der Waals surface area contributed by atoms with Gasteiger partial charge in [-0.1, -0.05) is 86.0 Å². The molecule has 2 amide bonds. The fourth-order valence-corrected chi connectivity index (χ4v) is 5.46. The van der Waals surface area contributed by atoms with E-state index < -0.39 is 6.04 Å². The summed E-state index contributed by atoms with van der Waals surface area (Å²) in [7, 11) is 0. The lowest BCUT2D eigenvalue weighted by atomic mass is 10.0. The number of hydrogen-bond donors (Lipinski definition) is 1. The van der Waals surface area contributed by atoms with Crippen molar-refractivity contribution in [2.24, 2.45) is 0 Å². The Morgan fingerprint density at radius 2 is 1.66 bits per heavy atom. The molecule has 1 N–H and O–H groups in total. The van der Waals surface area contributed by atoms with Crippen molar-refractivity contribution in [2.75, 3.05) is 6.61 Å². The summed E-state index contributed by atoms with van der Waals surface area (Å²) in [5.74, 6) is 0.287. The second-order valence-electron chi connectivity index (χ2n) is 10.1. The fourth-order valence-electron chi connectivity index (χ4n) is 4.92. The van der Waals surface area contributed by atoms with Crippen LogP contribution in [0.3, 0.4) is 0 Å². The van der Waals surface area contributed by atoms with Gasteiger partial charge in [-0.3, -0.25) is 9.59 Å². The molecule has 0 heterocycles. The minimum atomic E-state index is -0.652. The van der Waals surface area contributed by atoms with E-state index in [-0.39, 0.29) is 24.5 Å². The highest BCUT2D eigenvalue weighted by molar-refractivity contribution is 9.10. The van der Waals surface area contributed by atoms with Crippen molar-refractivity contribution in [3.8, 4) is 5.75 Å². The summed E-state index contributed by atoms with van der Waals surface area (Å²) in [5, 5.41) is 3.24. The molecule has 1 unspecified atom stereocenters. The smallest absolute Gasteiger partial charge is 0.261 e. The van der Waals surface area contributed by atoms with Gasteiger partial charge < -0.3 is 15.0 Å². The topological polar surface area (TPSA) is 58.6 Å². The minimum absolute atomic E-state index is 0.102. The number of halogens is 1. The molecular weight excluding hydrogens is 540 g/mol. The van der Waals surface area contributed by atoms with Gasteiger partial charge in [0.1, 0.15) is 11.8 Å². The van der Waals surface area contributed by atoms with Gasteiger partial charge >= 0.3 is 0 Å². The maximum atomic E-state index is 13.8. The van der Waals surface area contributed by atoms with Gasteiger partial charge in [-0.2, -0.15) is 0 Å². The number of ether oxygens (including phenoxy) is 1. The van der Waals surface area contributed by atoms with Crippen molar-refractivity contribution < 1.29 is 14.3 Å². The summed E-state index contributed by atoms with van der Waals surface area (Å²) >= 11 is 3.57. The molecular formula is C32H37BrN2O3. The quantitative estimate of drug-likeness (QED) is 0.287. The Labute approximate surface area is 234 Å². The zero-order chi connectivity index (χ0) is 26.9. The molecule has 0 saturated heterocycles. The average molecular weight is 578 g/mol. The predicted molar refractivity (Wildman–Crippen MR) is 155 cm³/mol. The minimum Gasteiger partial charge on any atom is -0.483 e. The number of carbonyl (C=O) groups excluding carboxylic acids is 2. The number of nitrogens with zero attached hydrogens (tertiary/aromatic N) is 1. The summed E-state index contributed by atoms with van der Waals surface area (Å²) in [6, 6.07) is 23.4. The third-order valence-electron chi connectivity index (χ3n) is 7.20. The molecule has 0 aliphatic heterocycles. The first-order valence-corrected chi connectivity index (χ1v) is 14.3. The van der Waals surface area contributed by atoms with E-state index in [0.717, 1.165) is 53.3 Å². The van der Waals surface area contributed by atoms with Gasteiger partial charge in [0.05, 0.1) is 4.47 Å². The number of nitrogens with one attached hydrogen (secondary N) is 1. The van der Waals surface area contributed by atoms with Crippen LogP contribution in [0.25, 0.3) is 0 Å². The second kappa shape index (κ2) is 13.6. The fraction of sp³-hybridized carbons (Fsp3) is 0.375. The number of benzene rings is 3. The van der Waals surface area contributed by atoms with Gasteiger partial charge in [0, 0.05) is 19.0 Å². The second-order valence-corrected chi connectivity index (χ2v) is 11.0. The Bertz CT molecular complexity index is 1210. The molecule has 0 spiro atoms. The highest BCUT2D eigenvalue weighted by Gasteiger charge is 2.32. The van der Waals surface area contributed by atoms with Crippen LogP contribution in [0.1, 0.15) is 54.9 Å². The first kappa shape index (κ1) is 27.9. The Hall–Kier alpha value is -3.12. The van der Waals surface area contributed by atoms with E-state index >= 15 is 0 Å². The van der Waals surface area contributed by atoms with Crippen LogP contribution < -0.4 is 10.1 Å². The Morgan fingerprint density at radius 1 is 0.974 bits per heavy atom. The first-order valence-electron chi connectivity index (χ1n) is 13.5. The van der Waals surface area contributed by atoms with E-state index in [1.807, 2.05) is 79.7 Å². The summed E-state index contributed by atoms with van der Waals surface area (Å²) in [6.07, 6.45) is 5.58. The lowest BCUT2D eigenvalue weighted by Gasteiger charge is -2.32. The summed E-state index contributed by atoms with van der Waals surface area (Å²) in [6.45, 7) is 4.31. The number of rotatable bonds is 11. The maximum absolute atomic E-state index is 13.8. The van der Waals surface area contributed by atoms with Crippen molar-refractivity contribution >= 4 is 27.7 Å². The Morgan fingerprint density at radius 3 is 2.32 bits per heavy atom. The van der Waals surface area contributed by atoms with Crippen molar-refractivity contribution in [1.29, 1.82) is 0 Å². The molecule has 0 aromatic heterocycles. The average Bonchev–Trinajstić information content (AvgIpc) is 3.44. The normalized spacial score (nSPS) is 14.2. The zero-order valence-electron chi connectivity index (χ0n) is 22.3. The van der Waals surface area contributed by atoms with Crippen LogP contribution in [0.5, 0.6) is 5.75 Å². The van der Waals surface area contributed by atoms with E-state index in [9.17, 15) is 9.59 Å². The van der Waals surface area contributed by atoms with Gasteiger partial charge in [0.25, 0.3) is 5.91 Å². The molecule has 4 rings (SSSR count). The molecule has 6 heteroatoms. The van der Waals surface area contributed by atoms with Crippen LogP contribution in [0.4, 0.5) is 0 Å². The van der Waals surface area contributed by atoms with E-state index in [4.69, 9.17) is 4.74 Å². The number of amides is 2. The molecule has 5 nitrogen and oxygen atoms in total. The van der Waals surface area contributed by atoms with Gasteiger partial charge in [0.2, 0.25) is 5.91 Å². The highest BCUT2D eigenvalue weighted by atomic mass is 79.9. The summed E-state index contributed by atoms with van der Waals surface area (Å²) in [5.41, 5.74) is 4.32. The standard InChI is InChI=1S/C32H37BrN2O3/c1-3-24-17-18-30(28(33)19-24)38-22-31(36)35(21-26-15-13-23(2)14-16-26)29(20-25-9-5-4-6-10-25)32(37)34-27-11-7-8-12-27/h4-6,9-10,13-19,27,29H,3,7-8,11-12,20-22H2,1-2H3,(H,34,37). The van der Waals surface area contributed by atoms with Crippen molar-refractivity contribution in [3.05, 3.63) is 99.5 Å². The van der Waals surface area contributed by atoms with Gasteiger partial charge in [0.15, 0.2) is 6.61 Å². The summed E-state index contributed by atoms with van der Waals surface area (Å²) < 4.78 is 6.79. The van der Waals surface area contributed by atoms with E-state index in [1.165, 1.54) is 5.56 Å². The van der Waals surface area contributed by atoms with Crippen LogP contribution in [-0.2, 0) is 29.0 Å². The molecule has 3 aromatic rings. The number of aryl methyl sites for hydroxylation is 2. The Kier molecular flexibility index (Phi) is 9.99. The lowest BCUT2D eigenvalue weighted by Crippen LogP contribution is -2.53. The Balaban J connectivity index is 1.60. The molecule has 38 heavy (non-hydrogen) atoms. The largest absolute Gasteiger partial charge is 0.483 e. The van der Waals surface area contributed by atoms with Crippen molar-refractivity contribution in [2.45, 2.75) is 71.0 Å². The van der Waals surface area contributed by atoms with Crippen molar-refractivity contribution in [1.82, 2.24) is 10.2 Å². The number of carbonyl (C=O) groups is 2. The molecule has 1 aliphatic carbocycles. The monoisotopic (exact) mass is 576 g/mol. The van der Waals surface area contributed by atoms with Crippen LogP contribution >= 0.6 is 15.9 Å². The third-order valence-corrected chi connectivity index (χ3v) is 7.82. The SMILES string of the molecule is CCc1ccc(OCC(=O)N(Cc2ccc(C)cc2)C(Cc2ccccc2)C(=O)NC2CCCC2)c(Br)c1. The highest BCUT2D eigenvalue weighted by Crippen LogP contribution is 2.27. The maximum Gasteiger partial charge on any atom is 0.261 e. The van der Waals surface area contributed by atoms with E-state index in [2.05, 4.69) is 28.2 Å². The van der Waals surface area contributed by atoms with Crippen LogP contribution in [0, 0.1) is 6.92 Å². The molecule has 1 fully saturated rings.